The van der Waals surface area contributed by atoms with Crippen molar-refractivity contribution in [2.75, 3.05) is 18.1 Å². The van der Waals surface area contributed by atoms with E-state index in [1.54, 1.807) is 0 Å². The van der Waals surface area contributed by atoms with Crippen LogP contribution < -0.4 is 4.90 Å². The highest BCUT2D eigenvalue weighted by Gasteiger charge is 2.86. The van der Waals surface area contributed by atoms with Crippen LogP contribution in [0.2, 0.25) is 0 Å². The Hall–Kier alpha value is -2.52. The largest absolute Gasteiger partial charge is 0.417 e. The Bertz CT molecular complexity index is 1060. The Morgan fingerprint density at radius 2 is 1.77 bits per heavy atom. The molecule has 1 aromatic rings. The molecule has 4 heterocycles. The molecule has 0 saturated carbocycles. The average molecular weight is 438 g/mol. The standard InChI is InChI=1S/C20H17F3N2O6/c1-17-12-13(18(2,31-17)19(16(17)28)29-5-6-30-19)15(27)25(14(12)26)10-4-3-9(8-24)11(7-10)20(21,22)23/h3-4,7,12-13,16,28H,5-6H2,1-2H3/t12-,13+,16+,17+,18-/m1/s1. The number of alkyl halides is 3. The Morgan fingerprint density at radius 1 is 1.16 bits per heavy atom. The number of amides is 2. The molecule has 4 saturated heterocycles. The second-order valence-corrected chi connectivity index (χ2v) is 8.47. The van der Waals surface area contributed by atoms with Gasteiger partial charge >= 0.3 is 6.18 Å². The number of nitriles is 1. The van der Waals surface area contributed by atoms with Gasteiger partial charge in [0, 0.05) is 0 Å². The van der Waals surface area contributed by atoms with Crippen molar-refractivity contribution in [3.05, 3.63) is 29.3 Å². The number of halogens is 3. The molecular formula is C20H17F3N2O6. The van der Waals surface area contributed by atoms with Crippen LogP contribution in [0.5, 0.6) is 0 Å². The van der Waals surface area contributed by atoms with Crippen molar-refractivity contribution in [3.8, 4) is 6.07 Å². The number of anilines is 1. The van der Waals surface area contributed by atoms with Gasteiger partial charge in [0.25, 0.3) is 0 Å². The van der Waals surface area contributed by atoms with Crippen molar-refractivity contribution in [3.63, 3.8) is 0 Å². The molecule has 31 heavy (non-hydrogen) atoms. The summed E-state index contributed by atoms with van der Waals surface area (Å²) in [5.41, 5.74) is -5.24. The normalized spacial score (nSPS) is 38.2. The maximum absolute atomic E-state index is 13.4. The Balaban J connectivity index is 1.62. The van der Waals surface area contributed by atoms with E-state index < -0.39 is 64.0 Å². The summed E-state index contributed by atoms with van der Waals surface area (Å²) in [7, 11) is 0. The van der Waals surface area contributed by atoms with Crippen molar-refractivity contribution >= 4 is 17.5 Å². The van der Waals surface area contributed by atoms with Crippen LogP contribution in [0.3, 0.4) is 0 Å². The van der Waals surface area contributed by atoms with E-state index in [2.05, 4.69) is 0 Å². The van der Waals surface area contributed by atoms with Crippen LogP contribution in [-0.4, -0.2) is 53.2 Å². The fourth-order valence-corrected chi connectivity index (χ4v) is 5.68. The monoisotopic (exact) mass is 438 g/mol. The number of carbonyl (C=O) groups excluding carboxylic acids is 2. The van der Waals surface area contributed by atoms with Gasteiger partial charge in [-0.3, -0.25) is 9.59 Å². The van der Waals surface area contributed by atoms with Crippen molar-refractivity contribution in [1.29, 1.82) is 5.26 Å². The summed E-state index contributed by atoms with van der Waals surface area (Å²) in [6.45, 7) is 3.28. The van der Waals surface area contributed by atoms with E-state index in [0.29, 0.717) is 11.0 Å². The molecule has 164 valence electrons. The molecule has 2 bridgehead atoms. The van der Waals surface area contributed by atoms with Gasteiger partial charge in [-0.2, -0.15) is 18.4 Å². The lowest BCUT2D eigenvalue weighted by Gasteiger charge is -2.44. The molecule has 1 spiro atoms. The molecule has 8 nitrogen and oxygen atoms in total. The fourth-order valence-electron chi connectivity index (χ4n) is 5.68. The predicted molar refractivity (Wildman–Crippen MR) is 94.2 cm³/mol. The van der Waals surface area contributed by atoms with Gasteiger partial charge in [0.15, 0.2) is 0 Å². The Morgan fingerprint density at radius 3 is 2.35 bits per heavy atom. The highest BCUT2D eigenvalue weighted by atomic mass is 19.4. The van der Waals surface area contributed by atoms with Gasteiger partial charge in [0.1, 0.15) is 17.3 Å². The van der Waals surface area contributed by atoms with Gasteiger partial charge in [-0.25, -0.2) is 4.90 Å². The summed E-state index contributed by atoms with van der Waals surface area (Å²) < 4.78 is 57.6. The van der Waals surface area contributed by atoms with Gasteiger partial charge in [0.05, 0.1) is 47.9 Å². The average Bonchev–Trinajstić information content (AvgIpc) is 3.39. The lowest BCUT2D eigenvalue weighted by molar-refractivity contribution is -0.272. The molecule has 2 amide bonds. The topological polar surface area (TPSA) is 109 Å². The van der Waals surface area contributed by atoms with Crippen LogP contribution in [0.4, 0.5) is 18.9 Å². The molecule has 5 atom stereocenters. The van der Waals surface area contributed by atoms with E-state index in [0.717, 1.165) is 12.1 Å². The molecule has 1 N–H and O–H groups in total. The third kappa shape index (κ3) is 2.18. The second-order valence-electron chi connectivity index (χ2n) is 8.47. The van der Waals surface area contributed by atoms with E-state index in [4.69, 9.17) is 19.5 Å². The minimum Gasteiger partial charge on any atom is -0.384 e. The number of imide groups is 1. The van der Waals surface area contributed by atoms with Crippen molar-refractivity contribution in [2.24, 2.45) is 11.8 Å². The summed E-state index contributed by atoms with van der Waals surface area (Å²) >= 11 is 0. The molecule has 0 aromatic heterocycles. The summed E-state index contributed by atoms with van der Waals surface area (Å²) in [5.74, 6) is -5.48. The predicted octanol–water partition coefficient (Wildman–Crippen LogP) is 1.35. The van der Waals surface area contributed by atoms with Crippen LogP contribution in [0.25, 0.3) is 0 Å². The fraction of sp³-hybridized carbons (Fsp3) is 0.550. The minimum atomic E-state index is -4.85. The molecule has 1 aromatic carbocycles. The summed E-state index contributed by atoms with van der Waals surface area (Å²) in [4.78, 5) is 27.3. The molecule has 5 rings (SSSR count). The van der Waals surface area contributed by atoms with E-state index in [1.807, 2.05) is 0 Å². The lowest BCUT2D eigenvalue weighted by Crippen LogP contribution is -2.66. The first-order valence-corrected chi connectivity index (χ1v) is 9.58. The molecule has 11 heteroatoms. The smallest absolute Gasteiger partial charge is 0.384 e. The van der Waals surface area contributed by atoms with Crippen LogP contribution in [0.1, 0.15) is 25.0 Å². The third-order valence-corrected chi connectivity index (χ3v) is 6.95. The second kappa shape index (κ2) is 5.83. The zero-order valence-corrected chi connectivity index (χ0v) is 16.4. The molecule has 0 radical (unpaired) electrons. The number of hydrogen-bond acceptors (Lipinski definition) is 7. The number of fused-ring (bicyclic) bond motifs is 6. The lowest BCUT2D eigenvalue weighted by atomic mass is 9.64. The van der Waals surface area contributed by atoms with Crippen LogP contribution in [0, 0.1) is 23.2 Å². The maximum atomic E-state index is 13.4. The quantitative estimate of drug-likeness (QED) is 0.660. The Labute approximate surface area is 174 Å². The first-order chi connectivity index (χ1) is 14.4. The molecular weight excluding hydrogens is 421 g/mol. The van der Waals surface area contributed by atoms with E-state index >= 15 is 0 Å². The number of carbonyl (C=O) groups is 2. The zero-order valence-electron chi connectivity index (χ0n) is 16.4. The number of nitrogens with zero attached hydrogens (tertiary/aromatic N) is 2. The number of hydrogen-bond donors (Lipinski definition) is 1. The van der Waals surface area contributed by atoms with Crippen molar-refractivity contribution < 1.29 is 42.1 Å². The van der Waals surface area contributed by atoms with Crippen molar-refractivity contribution in [2.45, 2.75) is 43.1 Å². The highest BCUT2D eigenvalue weighted by Crippen LogP contribution is 2.66. The molecule has 4 aliphatic heterocycles. The van der Waals surface area contributed by atoms with E-state index in [-0.39, 0.29) is 18.9 Å². The molecule has 4 fully saturated rings. The summed E-state index contributed by atoms with van der Waals surface area (Å²) in [6.07, 6.45) is -6.24. The number of rotatable bonds is 1. The van der Waals surface area contributed by atoms with Gasteiger partial charge in [0.2, 0.25) is 17.6 Å². The maximum Gasteiger partial charge on any atom is 0.417 e. The van der Waals surface area contributed by atoms with Gasteiger partial charge in [-0.1, -0.05) is 0 Å². The minimum absolute atomic E-state index is 0.153. The van der Waals surface area contributed by atoms with Gasteiger partial charge in [-0.05, 0) is 32.0 Å². The van der Waals surface area contributed by atoms with Crippen LogP contribution >= 0.6 is 0 Å². The van der Waals surface area contributed by atoms with Gasteiger partial charge < -0.3 is 19.3 Å². The third-order valence-electron chi connectivity index (χ3n) is 6.95. The first kappa shape index (κ1) is 20.4. The summed E-state index contributed by atoms with van der Waals surface area (Å²) in [6, 6.07) is 4.11. The highest BCUT2D eigenvalue weighted by molar-refractivity contribution is 6.23. The summed E-state index contributed by atoms with van der Waals surface area (Å²) in [5, 5.41) is 20.0. The molecule has 0 aliphatic carbocycles. The number of benzene rings is 1. The zero-order chi connectivity index (χ0) is 22.6. The number of ether oxygens (including phenoxy) is 3. The Kier molecular flexibility index (Phi) is 3.84. The number of aliphatic hydroxyl groups excluding tert-OH is 1. The molecule has 4 aliphatic rings. The first-order valence-electron chi connectivity index (χ1n) is 9.58. The SMILES string of the molecule is C[C@]12O[C@](C)([C@@H]3C(=O)N(c4ccc(C#N)c(C(F)(F)F)c4)C(=O)[C@@H]31)C1(OCCO1)[C@H]2O. The van der Waals surface area contributed by atoms with E-state index in [1.165, 1.54) is 19.9 Å². The van der Waals surface area contributed by atoms with E-state index in [9.17, 15) is 27.9 Å². The molecule has 0 unspecified atom stereocenters. The van der Waals surface area contributed by atoms with Crippen LogP contribution in [-0.2, 0) is 30.0 Å². The van der Waals surface area contributed by atoms with Crippen molar-refractivity contribution in [1.82, 2.24) is 0 Å². The van der Waals surface area contributed by atoms with Gasteiger partial charge in [-0.15, -0.1) is 0 Å². The number of aliphatic hydroxyl groups is 1. The van der Waals surface area contributed by atoms with Crippen LogP contribution in [0.15, 0.2) is 18.2 Å².